The van der Waals surface area contributed by atoms with Gasteiger partial charge in [-0.15, -0.1) is 0 Å². The Morgan fingerprint density at radius 3 is 2.63 bits per heavy atom. The second-order valence-electron chi connectivity index (χ2n) is 6.80. The van der Waals surface area contributed by atoms with Crippen molar-refractivity contribution in [2.45, 2.75) is 19.5 Å². The van der Waals surface area contributed by atoms with Crippen LogP contribution in [0.4, 0.5) is 0 Å². The highest BCUT2D eigenvalue weighted by Gasteiger charge is 2.47. The highest BCUT2D eigenvalue weighted by Crippen LogP contribution is 2.41. The Balaban J connectivity index is 1.85. The molecule has 7 nitrogen and oxygen atoms in total. The highest BCUT2D eigenvalue weighted by atomic mass is 79.9. The number of furan rings is 2. The Kier molecular flexibility index (Phi) is 5.26. The lowest BCUT2D eigenvalue weighted by Gasteiger charge is -2.22. The molecule has 1 atom stereocenters. The second-order valence-corrected chi connectivity index (χ2v) is 7.66. The number of ether oxygens (including phenoxy) is 1. The quantitative estimate of drug-likeness (QED) is 0.332. The van der Waals surface area contributed by atoms with Crippen molar-refractivity contribution in [1.82, 2.24) is 4.90 Å². The zero-order valence-electron chi connectivity index (χ0n) is 16.2. The zero-order chi connectivity index (χ0) is 21.4. The molecule has 1 N–H and O–H groups in total. The number of likely N-dealkylation sites (tertiary alicyclic amines) is 1. The van der Waals surface area contributed by atoms with E-state index in [1.807, 2.05) is 0 Å². The van der Waals surface area contributed by atoms with E-state index in [1.165, 1.54) is 18.3 Å². The van der Waals surface area contributed by atoms with Crippen LogP contribution < -0.4 is 4.74 Å². The molecule has 1 amide bonds. The number of Topliss-reactive ketones (excluding diaryl/α,β-unsaturated/α-hetero) is 1. The first-order valence-corrected chi connectivity index (χ1v) is 9.91. The third kappa shape index (κ3) is 3.43. The van der Waals surface area contributed by atoms with Gasteiger partial charge in [-0.05, 0) is 65.3 Å². The lowest BCUT2D eigenvalue weighted by atomic mass is 9.99. The van der Waals surface area contributed by atoms with Crippen LogP contribution >= 0.6 is 15.9 Å². The fourth-order valence-corrected chi connectivity index (χ4v) is 4.02. The van der Waals surface area contributed by atoms with Crippen molar-refractivity contribution in [1.29, 1.82) is 0 Å². The van der Waals surface area contributed by atoms with Crippen molar-refractivity contribution < 1.29 is 28.3 Å². The third-order valence-corrected chi connectivity index (χ3v) is 5.52. The number of amides is 1. The van der Waals surface area contributed by atoms with Crippen LogP contribution in [0.15, 0.2) is 67.6 Å². The van der Waals surface area contributed by atoms with Gasteiger partial charge in [-0.25, -0.2) is 0 Å². The van der Waals surface area contributed by atoms with Crippen molar-refractivity contribution in [3.63, 3.8) is 0 Å². The maximum absolute atomic E-state index is 12.9. The van der Waals surface area contributed by atoms with Crippen molar-refractivity contribution in [2.75, 3.05) is 7.11 Å². The first-order chi connectivity index (χ1) is 14.4. The van der Waals surface area contributed by atoms with E-state index in [0.29, 0.717) is 33.1 Å². The van der Waals surface area contributed by atoms with E-state index < -0.39 is 17.7 Å². The first-order valence-electron chi connectivity index (χ1n) is 9.11. The van der Waals surface area contributed by atoms with E-state index in [0.717, 1.165) is 0 Å². The summed E-state index contributed by atoms with van der Waals surface area (Å²) in [6.07, 6.45) is 1.49. The number of benzene rings is 1. The van der Waals surface area contributed by atoms with Gasteiger partial charge >= 0.3 is 0 Å². The maximum Gasteiger partial charge on any atom is 0.296 e. The average Bonchev–Trinajstić information content (AvgIpc) is 3.45. The van der Waals surface area contributed by atoms with E-state index in [9.17, 15) is 14.7 Å². The van der Waals surface area contributed by atoms with Gasteiger partial charge in [0.2, 0.25) is 0 Å². The molecule has 1 aliphatic heterocycles. The van der Waals surface area contributed by atoms with Crippen molar-refractivity contribution in [3.05, 3.63) is 81.6 Å². The molecule has 154 valence electrons. The predicted octanol–water partition coefficient (Wildman–Crippen LogP) is 4.57. The molecule has 1 aliphatic rings. The van der Waals surface area contributed by atoms with Gasteiger partial charge in [0, 0.05) is 5.56 Å². The summed E-state index contributed by atoms with van der Waals surface area (Å²) in [6.45, 7) is 1.83. The molecular formula is C22H18BrNO6. The maximum atomic E-state index is 12.9. The van der Waals surface area contributed by atoms with Crippen LogP contribution in [0.5, 0.6) is 5.75 Å². The molecule has 2 aromatic heterocycles. The summed E-state index contributed by atoms with van der Waals surface area (Å²) in [6, 6.07) is 10.9. The normalized spacial score (nSPS) is 18.2. The number of rotatable bonds is 5. The molecule has 1 aromatic carbocycles. The molecule has 8 heteroatoms. The molecule has 1 saturated heterocycles. The zero-order valence-corrected chi connectivity index (χ0v) is 17.8. The molecule has 1 fully saturated rings. The van der Waals surface area contributed by atoms with Crippen molar-refractivity contribution in [3.8, 4) is 5.75 Å². The Hall–Kier alpha value is -3.26. The van der Waals surface area contributed by atoms with Gasteiger partial charge in [0.25, 0.3) is 11.7 Å². The molecule has 3 heterocycles. The lowest BCUT2D eigenvalue weighted by Crippen LogP contribution is -2.28. The summed E-state index contributed by atoms with van der Waals surface area (Å²) >= 11 is 3.37. The number of carbonyl (C=O) groups is 2. The number of aliphatic hydroxyl groups excluding tert-OH is 1. The van der Waals surface area contributed by atoms with Crippen LogP contribution in [0.25, 0.3) is 5.76 Å². The van der Waals surface area contributed by atoms with Gasteiger partial charge in [0.05, 0.1) is 30.0 Å². The molecule has 1 unspecified atom stereocenters. The monoisotopic (exact) mass is 471 g/mol. The molecule has 30 heavy (non-hydrogen) atoms. The minimum atomic E-state index is -0.885. The number of hydrogen-bond acceptors (Lipinski definition) is 6. The summed E-state index contributed by atoms with van der Waals surface area (Å²) in [5.41, 5.74) is 0.324. The van der Waals surface area contributed by atoms with Crippen molar-refractivity contribution >= 4 is 33.4 Å². The van der Waals surface area contributed by atoms with Gasteiger partial charge in [0.15, 0.2) is 0 Å². The molecule has 0 saturated carbocycles. The van der Waals surface area contributed by atoms with Gasteiger partial charge < -0.3 is 23.6 Å². The predicted molar refractivity (Wildman–Crippen MR) is 111 cm³/mol. The van der Waals surface area contributed by atoms with Gasteiger partial charge in [-0.3, -0.25) is 9.59 Å². The van der Waals surface area contributed by atoms with Crippen LogP contribution in [0.1, 0.15) is 28.9 Å². The Morgan fingerprint density at radius 1 is 1.23 bits per heavy atom. The number of aliphatic hydroxyl groups is 1. The second kappa shape index (κ2) is 7.87. The number of ketones is 1. The standard InChI is InChI=1S/C22H18BrNO6/c1-12-5-7-17(30-12)19-18(20(25)13-6-8-16(28-2)15(23)10-13)21(26)22(27)24(19)11-14-4-3-9-29-14/h3-10,19,25H,11H2,1-2H3/b20-18-. The average molecular weight is 472 g/mol. The SMILES string of the molecule is COc1ccc(/C(O)=C2/C(=O)C(=O)N(Cc3ccco3)C2c2ccc(C)o2)cc1Br. The number of halogens is 1. The van der Waals surface area contributed by atoms with Gasteiger partial charge in [-0.1, -0.05) is 0 Å². The lowest BCUT2D eigenvalue weighted by molar-refractivity contribution is -0.140. The van der Waals surface area contributed by atoms with Crippen LogP contribution in [0.2, 0.25) is 0 Å². The van der Waals surface area contributed by atoms with E-state index >= 15 is 0 Å². The van der Waals surface area contributed by atoms with Crippen molar-refractivity contribution in [2.24, 2.45) is 0 Å². The Morgan fingerprint density at radius 2 is 2.03 bits per heavy atom. The minimum Gasteiger partial charge on any atom is -0.507 e. The van der Waals surface area contributed by atoms with E-state index in [-0.39, 0.29) is 17.9 Å². The van der Waals surface area contributed by atoms with E-state index in [2.05, 4.69) is 15.9 Å². The van der Waals surface area contributed by atoms with Crippen LogP contribution in [0.3, 0.4) is 0 Å². The summed E-state index contributed by atoms with van der Waals surface area (Å²) in [5, 5.41) is 11.0. The molecule has 0 spiro atoms. The number of hydrogen-bond donors (Lipinski definition) is 1. The number of nitrogens with zero attached hydrogens (tertiary/aromatic N) is 1. The minimum absolute atomic E-state index is 0.0435. The Bertz CT molecular complexity index is 1140. The third-order valence-electron chi connectivity index (χ3n) is 4.90. The highest BCUT2D eigenvalue weighted by molar-refractivity contribution is 9.10. The summed E-state index contributed by atoms with van der Waals surface area (Å²) < 4.78 is 16.9. The van der Waals surface area contributed by atoms with Crippen LogP contribution in [-0.2, 0) is 16.1 Å². The Labute approximate surface area is 180 Å². The summed E-state index contributed by atoms with van der Waals surface area (Å²) in [5.74, 6) is 0.274. The van der Waals surface area contributed by atoms with Crippen LogP contribution in [-0.4, -0.2) is 28.8 Å². The number of carbonyl (C=O) groups excluding carboxylic acids is 2. The molecule has 3 aromatic rings. The molecule has 0 bridgehead atoms. The van der Waals surface area contributed by atoms with Crippen LogP contribution in [0, 0.1) is 6.92 Å². The summed E-state index contributed by atoms with van der Waals surface area (Å²) in [4.78, 5) is 27.1. The smallest absolute Gasteiger partial charge is 0.296 e. The van der Waals surface area contributed by atoms with E-state index in [1.54, 1.807) is 49.4 Å². The number of methoxy groups -OCH3 is 1. The number of aryl methyl sites for hydroxylation is 1. The van der Waals surface area contributed by atoms with E-state index in [4.69, 9.17) is 13.6 Å². The van der Waals surface area contributed by atoms with Gasteiger partial charge in [-0.2, -0.15) is 0 Å². The largest absolute Gasteiger partial charge is 0.507 e. The fraction of sp³-hybridized carbons (Fsp3) is 0.182. The molecule has 4 rings (SSSR count). The topological polar surface area (TPSA) is 93.1 Å². The summed E-state index contributed by atoms with van der Waals surface area (Å²) in [7, 11) is 1.53. The molecule has 0 radical (unpaired) electrons. The first kappa shape index (κ1) is 20.0. The fourth-order valence-electron chi connectivity index (χ4n) is 3.48. The molecule has 0 aliphatic carbocycles. The molecular weight excluding hydrogens is 454 g/mol. The van der Waals surface area contributed by atoms with Gasteiger partial charge in [0.1, 0.15) is 34.8 Å².